The van der Waals surface area contributed by atoms with Gasteiger partial charge < -0.3 is 20.1 Å². The number of halogens is 1. The first-order valence-corrected chi connectivity index (χ1v) is 6.84. The number of nitrogens with zero attached hydrogens (tertiary/aromatic N) is 1. The van der Waals surface area contributed by atoms with E-state index in [2.05, 4.69) is 5.32 Å². The Morgan fingerprint density at radius 1 is 1.33 bits per heavy atom. The van der Waals surface area contributed by atoms with Crippen molar-refractivity contribution in [3.63, 3.8) is 0 Å². The monoisotopic (exact) mass is 314 g/mol. The van der Waals surface area contributed by atoms with Crippen LogP contribution in [0.25, 0.3) is 0 Å². The normalized spacial score (nSPS) is 10.5. The van der Waals surface area contributed by atoms with Gasteiger partial charge >= 0.3 is 5.97 Å². The highest BCUT2D eigenvalue weighted by Crippen LogP contribution is 2.27. The fourth-order valence-corrected chi connectivity index (χ4v) is 1.85. The maximum absolute atomic E-state index is 11.9. The molecule has 0 aliphatic heterocycles. The van der Waals surface area contributed by atoms with Crippen LogP contribution < -0.4 is 10.1 Å². The number of carboxylic acids is 1. The van der Waals surface area contributed by atoms with Gasteiger partial charge in [-0.2, -0.15) is 0 Å². The number of amides is 1. The Morgan fingerprint density at radius 3 is 2.62 bits per heavy atom. The van der Waals surface area contributed by atoms with E-state index in [0.29, 0.717) is 29.5 Å². The molecule has 2 N–H and O–H groups in total. The van der Waals surface area contributed by atoms with Crippen molar-refractivity contribution in [1.82, 2.24) is 4.90 Å². The minimum absolute atomic E-state index is 0.0558. The summed E-state index contributed by atoms with van der Waals surface area (Å²) in [6.07, 6.45) is 0.312. The van der Waals surface area contributed by atoms with Crippen LogP contribution in [0.15, 0.2) is 18.2 Å². The van der Waals surface area contributed by atoms with Gasteiger partial charge in [-0.05, 0) is 25.2 Å². The molecule has 0 saturated heterocycles. The van der Waals surface area contributed by atoms with Gasteiger partial charge in [-0.1, -0.05) is 11.6 Å². The number of carbonyl (C=O) groups excluding carboxylic acids is 1. The first-order valence-electron chi connectivity index (χ1n) is 6.46. The second-order valence-electron chi connectivity index (χ2n) is 4.59. The number of ether oxygens (including phenoxy) is 1. The third-order valence-corrected chi connectivity index (χ3v) is 3.10. The summed E-state index contributed by atoms with van der Waals surface area (Å²) < 4.78 is 5.14. The van der Waals surface area contributed by atoms with Crippen LogP contribution in [0.3, 0.4) is 0 Å². The van der Waals surface area contributed by atoms with Crippen molar-refractivity contribution in [2.45, 2.75) is 12.8 Å². The zero-order valence-electron chi connectivity index (χ0n) is 12.1. The summed E-state index contributed by atoms with van der Waals surface area (Å²) in [5.41, 5.74) is 0.517. The number of hydrogen-bond acceptors (Lipinski definition) is 4. The molecule has 7 heteroatoms. The van der Waals surface area contributed by atoms with E-state index in [1.54, 1.807) is 30.1 Å². The van der Waals surface area contributed by atoms with Crippen molar-refractivity contribution in [3.05, 3.63) is 23.2 Å². The lowest BCUT2D eigenvalue weighted by Crippen LogP contribution is -2.26. The number of benzene rings is 1. The number of anilines is 1. The summed E-state index contributed by atoms with van der Waals surface area (Å²) in [5.74, 6) is -0.500. The molecule has 0 radical (unpaired) electrons. The molecule has 0 bridgehead atoms. The Kier molecular flexibility index (Phi) is 6.98. The molecule has 0 aliphatic carbocycles. The van der Waals surface area contributed by atoms with Gasteiger partial charge in [-0.15, -0.1) is 0 Å². The third-order valence-electron chi connectivity index (χ3n) is 2.86. The van der Waals surface area contributed by atoms with Gasteiger partial charge in [0.1, 0.15) is 5.75 Å². The molecule has 0 atom stereocenters. The van der Waals surface area contributed by atoms with Crippen LogP contribution in [-0.4, -0.2) is 49.1 Å². The van der Waals surface area contributed by atoms with Gasteiger partial charge in [0.15, 0.2) is 0 Å². The van der Waals surface area contributed by atoms with Gasteiger partial charge in [0.05, 0.1) is 19.2 Å². The number of carboxylic acid groups (broad SMARTS) is 1. The average molecular weight is 315 g/mol. The van der Waals surface area contributed by atoms with E-state index >= 15 is 0 Å². The Labute approximate surface area is 128 Å². The Morgan fingerprint density at radius 2 is 2.00 bits per heavy atom. The maximum atomic E-state index is 11.9. The largest absolute Gasteiger partial charge is 0.495 e. The van der Waals surface area contributed by atoms with Crippen LogP contribution in [-0.2, 0) is 9.59 Å². The lowest BCUT2D eigenvalue weighted by atomic mass is 10.2. The van der Waals surface area contributed by atoms with E-state index in [1.165, 1.54) is 7.11 Å². The van der Waals surface area contributed by atoms with Crippen LogP contribution in [0.4, 0.5) is 5.69 Å². The topological polar surface area (TPSA) is 78.9 Å². The summed E-state index contributed by atoms with van der Waals surface area (Å²) in [4.78, 5) is 24.1. The molecule has 1 amide bonds. The third kappa shape index (κ3) is 6.46. The Balaban J connectivity index is 2.47. The SMILES string of the molecule is COc1ccc(Cl)cc1NC(=O)CCN(C)CCC(=O)O. The predicted molar refractivity (Wildman–Crippen MR) is 81.0 cm³/mol. The lowest BCUT2D eigenvalue weighted by molar-refractivity contribution is -0.137. The van der Waals surface area contributed by atoms with E-state index in [-0.39, 0.29) is 18.7 Å². The van der Waals surface area contributed by atoms with Gasteiger partial charge in [0, 0.05) is 24.5 Å². The zero-order chi connectivity index (χ0) is 15.8. The number of aliphatic carboxylic acids is 1. The Bertz CT molecular complexity index is 508. The first kappa shape index (κ1) is 17.3. The molecule has 0 fully saturated rings. The smallest absolute Gasteiger partial charge is 0.304 e. The number of carbonyl (C=O) groups is 2. The average Bonchev–Trinajstić information content (AvgIpc) is 2.43. The molecular formula is C14H19ClN2O4. The standard InChI is InChI=1S/C14H19ClN2O4/c1-17(8-6-14(19)20)7-5-13(18)16-11-9-10(15)3-4-12(11)21-2/h3-4,9H,5-8H2,1-2H3,(H,16,18)(H,19,20). The molecule has 21 heavy (non-hydrogen) atoms. The van der Waals surface area contributed by atoms with Crippen molar-refractivity contribution in [2.24, 2.45) is 0 Å². The summed E-state index contributed by atoms with van der Waals surface area (Å²) in [6, 6.07) is 4.97. The molecule has 116 valence electrons. The van der Waals surface area contributed by atoms with Crippen molar-refractivity contribution in [3.8, 4) is 5.75 Å². The van der Waals surface area contributed by atoms with Crippen LogP contribution in [0.5, 0.6) is 5.75 Å². The van der Waals surface area contributed by atoms with E-state index in [9.17, 15) is 9.59 Å². The number of nitrogens with one attached hydrogen (secondary N) is 1. The fraction of sp³-hybridized carbons (Fsp3) is 0.429. The quantitative estimate of drug-likeness (QED) is 0.768. The number of rotatable bonds is 8. The van der Waals surface area contributed by atoms with Gasteiger partial charge in [0.25, 0.3) is 0 Å². The lowest BCUT2D eigenvalue weighted by Gasteiger charge is -2.15. The van der Waals surface area contributed by atoms with Gasteiger partial charge in [0.2, 0.25) is 5.91 Å². The van der Waals surface area contributed by atoms with Crippen LogP contribution in [0, 0.1) is 0 Å². The molecule has 1 rings (SSSR count). The van der Waals surface area contributed by atoms with E-state index < -0.39 is 5.97 Å². The van der Waals surface area contributed by atoms with Crippen molar-refractivity contribution in [1.29, 1.82) is 0 Å². The molecule has 1 aromatic rings. The molecule has 0 aromatic heterocycles. The van der Waals surface area contributed by atoms with E-state index in [1.807, 2.05) is 0 Å². The summed E-state index contributed by atoms with van der Waals surface area (Å²) in [6.45, 7) is 0.880. The summed E-state index contributed by atoms with van der Waals surface area (Å²) in [5, 5.41) is 11.8. The van der Waals surface area contributed by atoms with Crippen LogP contribution >= 0.6 is 11.6 Å². The molecular weight excluding hydrogens is 296 g/mol. The minimum Gasteiger partial charge on any atom is -0.495 e. The molecule has 0 heterocycles. The minimum atomic E-state index is -0.852. The van der Waals surface area contributed by atoms with Crippen molar-refractivity contribution in [2.75, 3.05) is 32.6 Å². The van der Waals surface area contributed by atoms with Crippen LogP contribution in [0.2, 0.25) is 5.02 Å². The van der Waals surface area contributed by atoms with Gasteiger partial charge in [-0.3, -0.25) is 9.59 Å². The van der Waals surface area contributed by atoms with E-state index in [0.717, 1.165) is 0 Å². The molecule has 0 aliphatic rings. The van der Waals surface area contributed by atoms with Gasteiger partial charge in [-0.25, -0.2) is 0 Å². The molecule has 0 spiro atoms. The molecule has 6 nitrogen and oxygen atoms in total. The molecule has 0 saturated carbocycles. The van der Waals surface area contributed by atoms with Crippen molar-refractivity contribution < 1.29 is 19.4 Å². The van der Waals surface area contributed by atoms with Crippen LogP contribution in [0.1, 0.15) is 12.8 Å². The second-order valence-corrected chi connectivity index (χ2v) is 5.03. The zero-order valence-corrected chi connectivity index (χ0v) is 12.8. The highest BCUT2D eigenvalue weighted by Gasteiger charge is 2.10. The summed E-state index contributed by atoms with van der Waals surface area (Å²) >= 11 is 5.88. The van der Waals surface area contributed by atoms with Crippen molar-refractivity contribution >= 4 is 29.2 Å². The second kappa shape index (κ2) is 8.49. The Hall–Kier alpha value is -1.79. The molecule has 1 aromatic carbocycles. The maximum Gasteiger partial charge on any atom is 0.304 e. The highest BCUT2D eigenvalue weighted by atomic mass is 35.5. The summed E-state index contributed by atoms with van der Waals surface area (Å²) in [7, 11) is 3.29. The number of methoxy groups -OCH3 is 1. The first-order chi connectivity index (χ1) is 9.92. The van der Waals surface area contributed by atoms with E-state index in [4.69, 9.17) is 21.4 Å². The number of hydrogen-bond donors (Lipinski definition) is 2. The molecule has 0 unspecified atom stereocenters. The highest BCUT2D eigenvalue weighted by molar-refractivity contribution is 6.31. The predicted octanol–water partition coefficient (Wildman–Crippen LogP) is 2.08. The fourth-order valence-electron chi connectivity index (χ4n) is 1.68.